The van der Waals surface area contributed by atoms with E-state index in [0.717, 1.165) is 19.3 Å². The van der Waals surface area contributed by atoms with Crippen molar-refractivity contribution >= 4 is 11.6 Å². The molecule has 20 heavy (non-hydrogen) atoms. The fourth-order valence-corrected chi connectivity index (χ4v) is 2.69. The molecule has 0 bridgehead atoms. The van der Waals surface area contributed by atoms with E-state index in [2.05, 4.69) is 17.5 Å². The molecular weight excluding hydrogens is 248 g/mol. The van der Waals surface area contributed by atoms with Crippen molar-refractivity contribution < 1.29 is 4.79 Å². The molecule has 0 radical (unpaired) electrons. The lowest BCUT2D eigenvalue weighted by Gasteiger charge is -2.02. The number of unbranched alkanes of at least 4 members (excludes halogenated alkanes) is 8. The van der Waals surface area contributed by atoms with Crippen LogP contribution < -0.4 is 5.43 Å². The molecule has 1 aliphatic carbocycles. The highest BCUT2D eigenvalue weighted by Gasteiger charge is 2.08. The van der Waals surface area contributed by atoms with Gasteiger partial charge in [-0.3, -0.25) is 4.79 Å². The number of carbonyl (C=O) groups excluding carboxylic acids is 1. The highest BCUT2D eigenvalue weighted by molar-refractivity contribution is 5.87. The van der Waals surface area contributed by atoms with Crippen LogP contribution in [0.5, 0.6) is 0 Å². The molecule has 0 heterocycles. The summed E-state index contributed by atoms with van der Waals surface area (Å²) in [6.07, 6.45) is 16.8. The Balaban J connectivity index is 1.85. The lowest BCUT2D eigenvalue weighted by molar-refractivity contribution is -0.121. The Kier molecular flexibility index (Phi) is 10.3. The van der Waals surface area contributed by atoms with Gasteiger partial charge in [-0.15, -0.1) is 0 Å². The number of hydrogen-bond acceptors (Lipinski definition) is 2. The highest BCUT2D eigenvalue weighted by Crippen LogP contribution is 2.14. The van der Waals surface area contributed by atoms with Gasteiger partial charge in [0.05, 0.1) is 0 Å². The molecule has 0 aromatic carbocycles. The number of hydrazone groups is 1. The lowest BCUT2D eigenvalue weighted by atomic mass is 10.1. The normalized spacial score (nSPS) is 14.6. The molecule has 1 amide bonds. The molecule has 1 rings (SSSR count). The number of carbonyl (C=O) groups is 1. The molecule has 0 aromatic rings. The molecule has 0 saturated heterocycles. The quantitative estimate of drug-likeness (QED) is 0.422. The fourth-order valence-electron chi connectivity index (χ4n) is 2.69. The second kappa shape index (κ2) is 11.9. The first-order valence-corrected chi connectivity index (χ1v) is 8.67. The van der Waals surface area contributed by atoms with Gasteiger partial charge in [0, 0.05) is 12.1 Å². The van der Waals surface area contributed by atoms with E-state index in [4.69, 9.17) is 0 Å². The van der Waals surface area contributed by atoms with Crippen LogP contribution in [0.4, 0.5) is 0 Å². The van der Waals surface area contributed by atoms with Crippen LogP contribution in [0, 0.1) is 0 Å². The van der Waals surface area contributed by atoms with Crippen LogP contribution in [0.15, 0.2) is 5.10 Å². The van der Waals surface area contributed by atoms with Gasteiger partial charge in [-0.1, -0.05) is 58.3 Å². The van der Waals surface area contributed by atoms with Crippen LogP contribution in [-0.2, 0) is 4.79 Å². The van der Waals surface area contributed by atoms with Gasteiger partial charge in [0.1, 0.15) is 0 Å². The Bertz CT molecular complexity index is 279. The topological polar surface area (TPSA) is 41.5 Å². The third kappa shape index (κ3) is 9.11. The monoisotopic (exact) mass is 280 g/mol. The van der Waals surface area contributed by atoms with Gasteiger partial charge in [-0.2, -0.15) is 5.10 Å². The molecule has 1 fully saturated rings. The summed E-state index contributed by atoms with van der Waals surface area (Å²) in [4.78, 5) is 11.6. The summed E-state index contributed by atoms with van der Waals surface area (Å²) in [7, 11) is 0. The van der Waals surface area contributed by atoms with E-state index < -0.39 is 0 Å². The number of rotatable bonds is 11. The zero-order chi connectivity index (χ0) is 14.5. The van der Waals surface area contributed by atoms with E-state index in [9.17, 15) is 4.79 Å². The van der Waals surface area contributed by atoms with Crippen molar-refractivity contribution in [2.45, 2.75) is 96.8 Å². The molecule has 3 heteroatoms. The summed E-state index contributed by atoms with van der Waals surface area (Å²) in [5, 5.41) is 4.20. The second-order valence-corrected chi connectivity index (χ2v) is 6.00. The van der Waals surface area contributed by atoms with Gasteiger partial charge in [0.2, 0.25) is 5.91 Å². The number of amides is 1. The first-order valence-electron chi connectivity index (χ1n) is 8.67. The van der Waals surface area contributed by atoms with Crippen molar-refractivity contribution in [3.63, 3.8) is 0 Å². The van der Waals surface area contributed by atoms with Crippen molar-refractivity contribution in [1.29, 1.82) is 0 Å². The smallest absolute Gasteiger partial charge is 0.240 e. The van der Waals surface area contributed by atoms with Crippen LogP contribution in [0.1, 0.15) is 96.8 Å². The fraction of sp³-hybridized carbons (Fsp3) is 0.882. The van der Waals surface area contributed by atoms with Crippen LogP contribution in [0.3, 0.4) is 0 Å². The average molecular weight is 280 g/mol. The third-order valence-corrected chi connectivity index (χ3v) is 4.03. The molecule has 0 aromatic heterocycles. The van der Waals surface area contributed by atoms with Crippen LogP contribution >= 0.6 is 0 Å². The van der Waals surface area contributed by atoms with E-state index in [1.54, 1.807) is 0 Å². The molecule has 116 valence electrons. The maximum atomic E-state index is 11.6. The number of nitrogens with one attached hydrogen (secondary N) is 1. The van der Waals surface area contributed by atoms with E-state index in [1.165, 1.54) is 69.9 Å². The van der Waals surface area contributed by atoms with Crippen LogP contribution in [0.25, 0.3) is 0 Å². The molecule has 0 unspecified atom stereocenters. The predicted molar refractivity (Wildman–Crippen MR) is 85.9 cm³/mol. The molecule has 0 aliphatic heterocycles. The zero-order valence-electron chi connectivity index (χ0n) is 13.3. The molecule has 1 saturated carbocycles. The summed E-state index contributed by atoms with van der Waals surface area (Å²) in [5.41, 5.74) is 3.87. The van der Waals surface area contributed by atoms with Crippen molar-refractivity contribution in [1.82, 2.24) is 5.43 Å². The Hall–Kier alpha value is -0.860. The Morgan fingerprint density at radius 1 is 0.950 bits per heavy atom. The molecule has 3 nitrogen and oxygen atoms in total. The van der Waals surface area contributed by atoms with Gasteiger partial charge in [0.25, 0.3) is 0 Å². The minimum atomic E-state index is 0.0901. The molecule has 0 spiro atoms. The Morgan fingerprint density at radius 3 is 2.10 bits per heavy atom. The van der Waals surface area contributed by atoms with E-state index in [1.807, 2.05) is 0 Å². The summed E-state index contributed by atoms with van der Waals surface area (Å²) >= 11 is 0. The number of nitrogens with zero attached hydrogens (tertiary/aromatic N) is 1. The van der Waals surface area contributed by atoms with Crippen molar-refractivity contribution in [2.24, 2.45) is 5.10 Å². The van der Waals surface area contributed by atoms with Gasteiger partial charge >= 0.3 is 0 Å². The SMILES string of the molecule is CCCCCCCCCCCC(=O)NN=C1CCCC1. The molecular formula is C17H32N2O. The number of hydrogen-bond donors (Lipinski definition) is 1. The van der Waals surface area contributed by atoms with E-state index in [0.29, 0.717) is 6.42 Å². The molecule has 1 N–H and O–H groups in total. The van der Waals surface area contributed by atoms with Gasteiger partial charge < -0.3 is 0 Å². The lowest BCUT2D eigenvalue weighted by Crippen LogP contribution is -2.18. The summed E-state index contributed by atoms with van der Waals surface area (Å²) < 4.78 is 0. The van der Waals surface area contributed by atoms with Gasteiger partial charge in [-0.05, 0) is 32.1 Å². The minimum absolute atomic E-state index is 0.0901. The Morgan fingerprint density at radius 2 is 1.50 bits per heavy atom. The predicted octanol–water partition coefficient (Wildman–Crippen LogP) is 4.95. The average Bonchev–Trinajstić information content (AvgIpc) is 2.96. The first-order chi connectivity index (χ1) is 9.83. The molecule has 0 atom stereocenters. The van der Waals surface area contributed by atoms with Gasteiger partial charge in [-0.25, -0.2) is 5.43 Å². The molecule has 1 aliphatic rings. The second-order valence-electron chi connectivity index (χ2n) is 6.00. The maximum Gasteiger partial charge on any atom is 0.240 e. The van der Waals surface area contributed by atoms with Crippen molar-refractivity contribution in [3.05, 3.63) is 0 Å². The summed E-state index contributed by atoms with van der Waals surface area (Å²) in [5.74, 6) is 0.0901. The first kappa shape index (κ1) is 17.2. The largest absolute Gasteiger partial charge is 0.273 e. The summed E-state index contributed by atoms with van der Waals surface area (Å²) in [6, 6.07) is 0. The minimum Gasteiger partial charge on any atom is -0.273 e. The van der Waals surface area contributed by atoms with E-state index >= 15 is 0 Å². The maximum absolute atomic E-state index is 11.6. The van der Waals surface area contributed by atoms with Crippen molar-refractivity contribution in [2.75, 3.05) is 0 Å². The Labute approximate surface area is 124 Å². The van der Waals surface area contributed by atoms with Crippen molar-refractivity contribution in [3.8, 4) is 0 Å². The highest BCUT2D eigenvalue weighted by atomic mass is 16.2. The van der Waals surface area contributed by atoms with E-state index in [-0.39, 0.29) is 5.91 Å². The summed E-state index contributed by atoms with van der Waals surface area (Å²) in [6.45, 7) is 2.25. The third-order valence-electron chi connectivity index (χ3n) is 4.03. The van der Waals surface area contributed by atoms with Crippen LogP contribution in [-0.4, -0.2) is 11.6 Å². The van der Waals surface area contributed by atoms with Gasteiger partial charge in [0.15, 0.2) is 0 Å². The standard InChI is InChI=1S/C17H32N2O/c1-2-3-4-5-6-7-8-9-10-15-17(20)19-18-16-13-11-12-14-16/h2-15H2,1H3,(H,19,20). The zero-order valence-corrected chi connectivity index (χ0v) is 13.3. The van der Waals surface area contributed by atoms with Crippen LogP contribution in [0.2, 0.25) is 0 Å².